The maximum atomic E-state index is 11.9. The molecule has 0 atom stereocenters. The molecule has 0 unspecified atom stereocenters. The van der Waals surface area contributed by atoms with Crippen LogP contribution in [-0.4, -0.2) is 14.8 Å². The number of anilines is 1. The second-order valence-electron chi connectivity index (χ2n) is 3.82. The van der Waals surface area contributed by atoms with E-state index in [9.17, 15) is 4.79 Å². The summed E-state index contributed by atoms with van der Waals surface area (Å²) in [6.45, 7) is 4.37. The number of halogens is 1. The highest BCUT2D eigenvalue weighted by Crippen LogP contribution is 2.15. The number of aromatic nitrogens is 3. The summed E-state index contributed by atoms with van der Waals surface area (Å²) in [7, 11) is 0. The molecule has 1 N–H and O–H groups in total. The van der Waals surface area contributed by atoms with Gasteiger partial charge < -0.3 is 5.32 Å². The fourth-order valence-electron chi connectivity index (χ4n) is 1.53. The van der Waals surface area contributed by atoms with Crippen molar-refractivity contribution in [1.82, 2.24) is 14.8 Å². The molecule has 0 radical (unpaired) electrons. The molecule has 98 valence electrons. The van der Waals surface area contributed by atoms with Crippen LogP contribution >= 0.6 is 11.6 Å². The number of nitrogens with zero attached hydrogens (tertiary/aromatic N) is 3. The Balaban J connectivity index is 2.16. The third-order valence-electron chi connectivity index (χ3n) is 2.47. The molecule has 0 fully saturated rings. The van der Waals surface area contributed by atoms with Crippen molar-refractivity contribution in [2.24, 2.45) is 0 Å². The van der Waals surface area contributed by atoms with Crippen molar-refractivity contribution in [3.05, 3.63) is 64.3 Å². The zero-order chi connectivity index (χ0) is 13.7. The van der Waals surface area contributed by atoms with E-state index < -0.39 is 0 Å². The highest BCUT2D eigenvalue weighted by atomic mass is 35.5. The zero-order valence-corrected chi connectivity index (χ0v) is 11.0. The monoisotopic (exact) mass is 276 g/mol. The molecule has 2 aromatic rings. The molecule has 0 aromatic carbocycles. The molecule has 2 heterocycles. The van der Waals surface area contributed by atoms with Crippen LogP contribution in [0.2, 0.25) is 5.02 Å². The molecule has 0 aliphatic carbocycles. The predicted molar refractivity (Wildman–Crippen MR) is 75.3 cm³/mol. The second-order valence-corrected chi connectivity index (χ2v) is 4.20. The summed E-state index contributed by atoms with van der Waals surface area (Å²) in [6, 6.07) is 5.62. The normalized spacial score (nSPS) is 10.2. The Morgan fingerprint density at radius 1 is 1.47 bits per heavy atom. The van der Waals surface area contributed by atoms with E-state index in [0.29, 0.717) is 18.8 Å². The van der Waals surface area contributed by atoms with E-state index in [0.717, 1.165) is 5.69 Å². The van der Waals surface area contributed by atoms with Crippen LogP contribution in [0.15, 0.2) is 48.0 Å². The molecular weight excluding hydrogens is 264 g/mol. The Hall–Kier alpha value is -2.14. The van der Waals surface area contributed by atoms with E-state index in [1.54, 1.807) is 12.3 Å². The van der Waals surface area contributed by atoms with E-state index in [1.807, 2.05) is 18.2 Å². The lowest BCUT2D eigenvalue weighted by Crippen LogP contribution is -2.23. The fraction of sp³-hybridized carbons (Fsp3) is 0.154. The smallest absolute Gasteiger partial charge is 0.287 e. The third-order valence-corrected chi connectivity index (χ3v) is 2.84. The van der Waals surface area contributed by atoms with Crippen LogP contribution in [0.25, 0.3) is 0 Å². The minimum atomic E-state index is -0.340. The summed E-state index contributed by atoms with van der Waals surface area (Å²) in [5.41, 5.74) is 1.01. The van der Waals surface area contributed by atoms with Crippen LogP contribution in [-0.2, 0) is 13.1 Å². The molecule has 2 aromatic heterocycles. The van der Waals surface area contributed by atoms with Gasteiger partial charge in [-0.15, -0.1) is 6.58 Å². The summed E-state index contributed by atoms with van der Waals surface area (Å²) in [6.07, 6.45) is 4.82. The van der Waals surface area contributed by atoms with Crippen molar-refractivity contribution >= 4 is 17.3 Å². The lowest BCUT2D eigenvalue weighted by atomic mass is 10.3. The van der Waals surface area contributed by atoms with Gasteiger partial charge >= 0.3 is 0 Å². The van der Waals surface area contributed by atoms with Crippen LogP contribution in [0.4, 0.5) is 5.69 Å². The number of allylic oxidation sites excluding steroid dienone is 1. The van der Waals surface area contributed by atoms with Gasteiger partial charge in [-0.25, -0.2) is 4.68 Å². The molecule has 0 spiro atoms. The SMILES string of the molecule is C=CCn1ncc(NCc2ccccn2)c(Cl)c1=O. The van der Waals surface area contributed by atoms with Crippen molar-refractivity contribution in [2.45, 2.75) is 13.1 Å². The highest BCUT2D eigenvalue weighted by molar-refractivity contribution is 6.32. The van der Waals surface area contributed by atoms with Crippen LogP contribution in [0, 0.1) is 0 Å². The topological polar surface area (TPSA) is 59.8 Å². The van der Waals surface area contributed by atoms with Gasteiger partial charge in [0.25, 0.3) is 5.56 Å². The summed E-state index contributed by atoms with van der Waals surface area (Å²) in [4.78, 5) is 16.0. The van der Waals surface area contributed by atoms with Crippen LogP contribution in [0.3, 0.4) is 0 Å². The first kappa shape index (κ1) is 13.3. The molecule has 0 saturated carbocycles. The van der Waals surface area contributed by atoms with E-state index in [1.165, 1.54) is 10.9 Å². The van der Waals surface area contributed by atoms with Gasteiger partial charge in [-0.2, -0.15) is 5.10 Å². The van der Waals surface area contributed by atoms with Gasteiger partial charge in [-0.05, 0) is 12.1 Å². The molecule has 0 aliphatic heterocycles. The predicted octanol–water partition coefficient (Wildman–Crippen LogP) is 2.09. The van der Waals surface area contributed by atoms with E-state index >= 15 is 0 Å². The van der Waals surface area contributed by atoms with Crippen LogP contribution in [0.5, 0.6) is 0 Å². The van der Waals surface area contributed by atoms with Gasteiger partial charge in [0.05, 0.1) is 30.7 Å². The number of nitrogens with one attached hydrogen (secondary N) is 1. The first-order chi connectivity index (χ1) is 9.22. The minimum absolute atomic E-state index is 0.118. The molecule has 5 nitrogen and oxygen atoms in total. The summed E-state index contributed by atoms with van der Waals surface area (Å²) in [5.74, 6) is 0. The van der Waals surface area contributed by atoms with Crippen LogP contribution < -0.4 is 10.9 Å². The quantitative estimate of drug-likeness (QED) is 0.850. The van der Waals surface area contributed by atoms with Crippen molar-refractivity contribution in [3.63, 3.8) is 0 Å². The minimum Gasteiger partial charge on any atom is -0.377 e. The number of hydrogen-bond acceptors (Lipinski definition) is 4. The lowest BCUT2D eigenvalue weighted by molar-refractivity contribution is 0.653. The fourth-order valence-corrected chi connectivity index (χ4v) is 1.74. The molecule has 0 amide bonds. The second kappa shape index (κ2) is 6.15. The Morgan fingerprint density at radius 3 is 3.00 bits per heavy atom. The summed E-state index contributed by atoms with van der Waals surface area (Å²) < 4.78 is 1.25. The average Bonchev–Trinajstić information content (AvgIpc) is 2.44. The first-order valence-corrected chi connectivity index (χ1v) is 6.10. The van der Waals surface area contributed by atoms with Gasteiger partial charge in [0.2, 0.25) is 0 Å². The van der Waals surface area contributed by atoms with Crippen molar-refractivity contribution in [2.75, 3.05) is 5.32 Å². The van der Waals surface area contributed by atoms with E-state index in [4.69, 9.17) is 11.6 Å². The summed E-state index contributed by atoms with van der Waals surface area (Å²) >= 11 is 6.01. The van der Waals surface area contributed by atoms with Gasteiger partial charge in [-0.3, -0.25) is 9.78 Å². The standard InChI is InChI=1S/C13H13ClN4O/c1-2-7-18-13(19)12(14)11(9-17-18)16-8-10-5-3-4-6-15-10/h2-6,9,16H,1,7-8H2. The van der Waals surface area contributed by atoms with Gasteiger partial charge in [0.15, 0.2) is 0 Å². The number of hydrogen-bond donors (Lipinski definition) is 1. The maximum Gasteiger partial charge on any atom is 0.287 e. The van der Waals surface area contributed by atoms with Crippen LogP contribution in [0.1, 0.15) is 5.69 Å². The average molecular weight is 277 g/mol. The Labute approximate surface area is 115 Å². The molecule has 2 rings (SSSR count). The van der Waals surface area contributed by atoms with Crippen molar-refractivity contribution in [1.29, 1.82) is 0 Å². The third kappa shape index (κ3) is 3.20. The molecule has 6 heteroatoms. The van der Waals surface area contributed by atoms with Gasteiger partial charge in [0, 0.05) is 6.20 Å². The molecule has 0 saturated heterocycles. The largest absolute Gasteiger partial charge is 0.377 e. The van der Waals surface area contributed by atoms with Crippen molar-refractivity contribution in [3.8, 4) is 0 Å². The maximum absolute atomic E-state index is 11.9. The van der Waals surface area contributed by atoms with E-state index in [2.05, 4.69) is 22.0 Å². The molecule has 0 bridgehead atoms. The molecule has 19 heavy (non-hydrogen) atoms. The van der Waals surface area contributed by atoms with Gasteiger partial charge in [0.1, 0.15) is 5.02 Å². The Kier molecular flexibility index (Phi) is 4.30. The van der Waals surface area contributed by atoms with E-state index in [-0.39, 0.29) is 10.6 Å². The Bertz CT molecular complexity index is 624. The molecular formula is C13H13ClN4O. The highest BCUT2D eigenvalue weighted by Gasteiger charge is 2.08. The lowest BCUT2D eigenvalue weighted by Gasteiger charge is -2.08. The molecule has 0 aliphatic rings. The zero-order valence-electron chi connectivity index (χ0n) is 10.2. The summed E-state index contributed by atoms with van der Waals surface area (Å²) in [5, 5.41) is 7.17. The first-order valence-electron chi connectivity index (χ1n) is 5.72. The number of rotatable bonds is 5. The number of pyridine rings is 1. The van der Waals surface area contributed by atoms with Gasteiger partial charge in [-0.1, -0.05) is 23.7 Å². The Morgan fingerprint density at radius 2 is 2.32 bits per heavy atom. The van der Waals surface area contributed by atoms with Crippen molar-refractivity contribution < 1.29 is 0 Å².